The first kappa shape index (κ1) is 10.5. The van der Waals surface area contributed by atoms with Gasteiger partial charge in [0.25, 0.3) is 0 Å². The fraction of sp³-hybridized carbons (Fsp3) is 0.875. The van der Waals surface area contributed by atoms with Crippen molar-refractivity contribution in [1.29, 1.82) is 0 Å². The second kappa shape index (κ2) is 3.65. The van der Waals surface area contributed by atoms with Gasteiger partial charge in [-0.3, -0.25) is 4.79 Å². The highest BCUT2D eigenvalue weighted by molar-refractivity contribution is 5.81. The summed E-state index contributed by atoms with van der Waals surface area (Å²) in [6.07, 6.45) is -4.67. The van der Waals surface area contributed by atoms with Gasteiger partial charge in [0.05, 0.1) is 12.5 Å². The summed E-state index contributed by atoms with van der Waals surface area (Å²) in [5.74, 6) is -2.47. The summed E-state index contributed by atoms with van der Waals surface area (Å²) < 4.78 is 36.6. The summed E-state index contributed by atoms with van der Waals surface area (Å²) in [6.45, 7) is -0.467. The van der Waals surface area contributed by atoms with Crippen molar-refractivity contribution < 1.29 is 23.1 Å². The van der Waals surface area contributed by atoms with E-state index in [0.717, 1.165) is 0 Å². The third kappa shape index (κ3) is 2.43. The van der Waals surface area contributed by atoms with Gasteiger partial charge in [0.1, 0.15) is 5.78 Å². The standard InChI is InChI=1S/C8H11F3O2/c9-8(10,11)6-1-2-7(13)5(3-6)4-12/h5-6,12H,1-4H2. The molecule has 0 aromatic carbocycles. The number of ketones is 1. The number of hydrogen-bond donors (Lipinski definition) is 1. The topological polar surface area (TPSA) is 37.3 Å². The van der Waals surface area contributed by atoms with E-state index in [0.29, 0.717) is 0 Å². The summed E-state index contributed by atoms with van der Waals surface area (Å²) >= 11 is 0. The van der Waals surface area contributed by atoms with Crippen LogP contribution in [0, 0.1) is 11.8 Å². The number of carbonyl (C=O) groups is 1. The summed E-state index contributed by atoms with van der Waals surface area (Å²) in [5, 5.41) is 8.66. The minimum atomic E-state index is -4.23. The Morgan fingerprint density at radius 3 is 2.54 bits per heavy atom. The van der Waals surface area contributed by atoms with Crippen LogP contribution >= 0.6 is 0 Å². The summed E-state index contributed by atoms with van der Waals surface area (Å²) in [7, 11) is 0. The van der Waals surface area contributed by atoms with Gasteiger partial charge in [0, 0.05) is 12.3 Å². The van der Waals surface area contributed by atoms with E-state index in [1.54, 1.807) is 0 Å². The molecule has 0 radical (unpaired) electrons. The van der Waals surface area contributed by atoms with E-state index >= 15 is 0 Å². The van der Waals surface area contributed by atoms with Gasteiger partial charge in [-0.1, -0.05) is 0 Å². The smallest absolute Gasteiger partial charge is 0.391 e. The van der Waals surface area contributed by atoms with E-state index in [1.165, 1.54) is 0 Å². The average Bonchev–Trinajstić information content (AvgIpc) is 2.03. The number of aliphatic hydroxyl groups is 1. The van der Waals surface area contributed by atoms with Crippen LogP contribution in [-0.2, 0) is 4.79 Å². The number of hydrogen-bond acceptors (Lipinski definition) is 2. The molecule has 0 aliphatic heterocycles. The number of aliphatic hydroxyl groups excluding tert-OH is 1. The van der Waals surface area contributed by atoms with Crippen LogP contribution in [-0.4, -0.2) is 23.7 Å². The van der Waals surface area contributed by atoms with Crippen LogP contribution in [0.5, 0.6) is 0 Å². The predicted molar refractivity (Wildman–Crippen MR) is 39.0 cm³/mol. The Hall–Kier alpha value is -0.580. The minimum absolute atomic E-state index is 0.0601. The van der Waals surface area contributed by atoms with Crippen LogP contribution in [0.15, 0.2) is 0 Å². The van der Waals surface area contributed by atoms with Gasteiger partial charge in [-0.2, -0.15) is 13.2 Å². The SMILES string of the molecule is O=C1CCC(C(F)(F)F)CC1CO. The third-order valence-electron chi connectivity index (χ3n) is 2.45. The molecule has 1 saturated carbocycles. The number of Topliss-reactive ketones (excluding diaryl/α,β-unsaturated/α-hetero) is 1. The molecule has 0 aromatic rings. The summed E-state index contributed by atoms with van der Waals surface area (Å²) in [4.78, 5) is 11.0. The quantitative estimate of drug-likeness (QED) is 0.690. The van der Waals surface area contributed by atoms with Gasteiger partial charge < -0.3 is 5.11 Å². The van der Waals surface area contributed by atoms with E-state index < -0.39 is 24.6 Å². The first-order valence-corrected chi connectivity index (χ1v) is 4.15. The zero-order valence-corrected chi connectivity index (χ0v) is 6.97. The Morgan fingerprint density at radius 2 is 2.08 bits per heavy atom. The zero-order chi connectivity index (χ0) is 10.1. The number of halogens is 3. The molecule has 2 nitrogen and oxygen atoms in total. The highest BCUT2D eigenvalue weighted by atomic mass is 19.4. The van der Waals surface area contributed by atoms with E-state index in [2.05, 4.69) is 0 Å². The largest absolute Gasteiger partial charge is 0.396 e. The van der Waals surface area contributed by atoms with Gasteiger partial charge in [-0.05, 0) is 12.8 Å². The van der Waals surface area contributed by atoms with Gasteiger partial charge in [0.15, 0.2) is 0 Å². The molecule has 1 fully saturated rings. The molecular formula is C8H11F3O2. The Labute approximate surface area is 73.7 Å². The van der Waals surface area contributed by atoms with Crippen LogP contribution in [0.4, 0.5) is 13.2 Å². The maximum absolute atomic E-state index is 12.2. The molecule has 0 spiro atoms. The van der Waals surface area contributed by atoms with Crippen molar-refractivity contribution in [2.45, 2.75) is 25.4 Å². The van der Waals surface area contributed by atoms with Crippen LogP contribution in [0.2, 0.25) is 0 Å². The van der Waals surface area contributed by atoms with Gasteiger partial charge in [0.2, 0.25) is 0 Å². The maximum atomic E-state index is 12.2. The molecule has 0 amide bonds. The second-order valence-electron chi connectivity index (χ2n) is 3.36. The number of rotatable bonds is 1. The molecule has 0 bridgehead atoms. The Kier molecular flexibility index (Phi) is 2.95. The van der Waals surface area contributed by atoms with Gasteiger partial charge in [-0.25, -0.2) is 0 Å². The lowest BCUT2D eigenvalue weighted by molar-refractivity contribution is -0.187. The first-order valence-electron chi connectivity index (χ1n) is 4.15. The predicted octanol–water partition coefficient (Wildman–Crippen LogP) is 1.53. The molecule has 1 aliphatic carbocycles. The number of alkyl halides is 3. The van der Waals surface area contributed by atoms with Crippen molar-refractivity contribution >= 4 is 5.78 Å². The monoisotopic (exact) mass is 196 g/mol. The van der Waals surface area contributed by atoms with Crippen molar-refractivity contribution in [3.63, 3.8) is 0 Å². The van der Waals surface area contributed by atoms with Crippen molar-refractivity contribution in [2.24, 2.45) is 11.8 Å². The molecule has 2 unspecified atom stereocenters. The summed E-state index contributed by atoms with van der Waals surface area (Å²) in [5.41, 5.74) is 0. The molecule has 1 aliphatic rings. The molecule has 0 heterocycles. The van der Waals surface area contributed by atoms with E-state index in [1.807, 2.05) is 0 Å². The number of carbonyl (C=O) groups excluding carboxylic acids is 1. The van der Waals surface area contributed by atoms with Crippen molar-refractivity contribution in [2.75, 3.05) is 6.61 Å². The fourth-order valence-corrected chi connectivity index (χ4v) is 1.59. The van der Waals surface area contributed by atoms with Crippen molar-refractivity contribution in [3.05, 3.63) is 0 Å². The zero-order valence-electron chi connectivity index (χ0n) is 6.97. The van der Waals surface area contributed by atoms with Crippen LogP contribution in [0.1, 0.15) is 19.3 Å². The Morgan fingerprint density at radius 1 is 1.46 bits per heavy atom. The average molecular weight is 196 g/mol. The van der Waals surface area contributed by atoms with Gasteiger partial charge >= 0.3 is 6.18 Å². The molecule has 76 valence electrons. The van der Waals surface area contributed by atoms with Crippen LogP contribution in [0.3, 0.4) is 0 Å². The third-order valence-corrected chi connectivity index (χ3v) is 2.45. The maximum Gasteiger partial charge on any atom is 0.391 e. The Bertz CT molecular complexity index is 200. The van der Waals surface area contributed by atoms with Crippen molar-refractivity contribution in [3.8, 4) is 0 Å². The van der Waals surface area contributed by atoms with Crippen molar-refractivity contribution in [1.82, 2.24) is 0 Å². The minimum Gasteiger partial charge on any atom is -0.396 e. The van der Waals surface area contributed by atoms with E-state index in [4.69, 9.17) is 5.11 Å². The molecule has 13 heavy (non-hydrogen) atoms. The highest BCUT2D eigenvalue weighted by Crippen LogP contribution is 2.38. The Balaban J connectivity index is 2.60. The first-order chi connectivity index (χ1) is 5.95. The van der Waals surface area contributed by atoms with Crippen LogP contribution in [0.25, 0.3) is 0 Å². The molecule has 0 saturated heterocycles. The normalized spacial score (nSPS) is 30.6. The molecule has 2 atom stereocenters. The molecule has 1 rings (SSSR count). The fourth-order valence-electron chi connectivity index (χ4n) is 1.59. The second-order valence-corrected chi connectivity index (χ2v) is 3.36. The lowest BCUT2D eigenvalue weighted by atomic mass is 9.80. The van der Waals surface area contributed by atoms with Crippen LogP contribution < -0.4 is 0 Å². The molecular weight excluding hydrogens is 185 g/mol. The lowest BCUT2D eigenvalue weighted by Crippen LogP contribution is -2.34. The lowest BCUT2D eigenvalue weighted by Gasteiger charge is -2.28. The summed E-state index contributed by atoms with van der Waals surface area (Å²) in [6, 6.07) is 0. The van der Waals surface area contributed by atoms with E-state index in [9.17, 15) is 18.0 Å². The molecule has 5 heteroatoms. The van der Waals surface area contributed by atoms with E-state index in [-0.39, 0.29) is 25.0 Å². The van der Waals surface area contributed by atoms with Gasteiger partial charge in [-0.15, -0.1) is 0 Å². The molecule has 0 aromatic heterocycles. The molecule has 1 N–H and O–H groups in total. The highest BCUT2D eigenvalue weighted by Gasteiger charge is 2.44.